The standard InChI is InChI=1S/C6H14N2O2.ClH/c1-7(2)5-6(9)10-8(3)4;/h5H2,1-4H3;1H. The first-order chi connectivity index (χ1) is 4.52. The topological polar surface area (TPSA) is 32.8 Å². The van der Waals surface area contributed by atoms with E-state index >= 15 is 0 Å². The molecule has 0 amide bonds. The fraction of sp³-hybridized carbons (Fsp3) is 0.833. The minimum atomic E-state index is -0.241. The van der Waals surface area contributed by atoms with Gasteiger partial charge in [0.05, 0.1) is 6.54 Å². The first kappa shape index (κ1) is 13.3. The number of carbonyl (C=O) groups is 1. The Morgan fingerprint density at radius 1 is 1.27 bits per heavy atom. The third kappa shape index (κ3) is 9.68. The molecule has 0 spiro atoms. The van der Waals surface area contributed by atoms with Crippen molar-refractivity contribution in [3.63, 3.8) is 0 Å². The van der Waals surface area contributed by atoms with Gasteiger partial charge >= 0.3 is 5.97 Å². The van der Waals surface area contributed by atoms with Crippen LogP contribution in [0.25, 0.3) is 0 Å². The van der Waals surface area contributed by atoms with Gasteiger partial charge in [0.2, 0.25) is 0 Å². The van der Waals surface area contributed by atoms with Crippen molar-refractivity contribution in [3.05, 3.63) is 0 Å². The highest BCUT2D eigenvalue weighted by atomic mass is 35.5. The lowest BCUT2D eigenvalue weighted by Crippen LogP contribution is -2.28. The summed E-state index contributed by atoms with van der Waals surface area (Å²) >= 11 is 0. The summed E-state index contributed by atoms with van der Waals surface area (Å²) in [6.07, 6.45) is 0. The summed E-state index contributed by atoms with van der Waals surface area (Å²) in [6.45, 7) is 0.318. The highest BCUT2D eigenvalue weighted by Gasteiger charge is 2.04. The van der Waals surface area contributed by atoms with E-state index < -0.39 is 0 Å². The first-order valence-electron chi connectivity index (χ1n) is 3.05. The molecule has 0 fully saturated rings. The van der Waals surface area contributed by atoms with E-state index in [0.29, 0.717) is 6.54 Å². The van der Waals surface area contributed by atoms with Crippen molar-refractivity contribution in [1.82, 2.24) is 9.96 Å². The lowest BCUT2D eigenvalue weighted by Gasteiger charge is -2.12. The average Bonchev–Trinajstić information content (AvgIpc) is 1.58. The van der Waals surface area contributed by atoms with Gasteiger partial charge in [0.1, 0.15) is 0 Å². The van der Waals surface area contributed by atoms with Crippen molar-refractivity contribution < 1.29 is 9.63 Å². The smallest absolute Gasteiger partial charge is 0.338 e. The molecule has 4 nitrogen and oxygen atoms in total. The lowest BCUT2D eigenvalue weighted by atomic mass is 10.6. The zero-order valence-electron chi connectivity index (χ0n) is 7.33. The van der Waals surface area contributed by atoms with Crippen molar-refractivity contribution in [1.29, 1.82) is 0 Å². The number of nitrogens with zero attached hydrogens (tertiary/aromatic N) is 2. The Morgan fingerprint density at radius 2 is 1.73 bits per heavy atom. The van der Waals surface area contributed by atoms with Gasteiger partial charge in [-0.25, -0.2) is 4.79 Å². The van der Waals surface area contributed by atoms with Crippen molar-refractivity contribution in [2.75, 3.05) is 34.7 Å². The number of halogens is 1. The maximum atomic E-state index is 10.8. The van der Waals surface area contributed by atoms with Crippen molar-refractivity contribution in [2.24, 2.45) is 0 Å². The van der Waals surface area contributed by atoms with Gasteiger partial charge in [-0.1, -0.05) is 0 Å². The number of hydrogen-bond donors (Lipinski definition) is 0. The highest BCUT2D eigenvalue weighted by Crippen LogP contribution is 1.83. The molecule has 0 bridgehead atoms. The van der Waals surface area contributed by atoms with Crippen molar-refractivity contribution >= 4 is 18.4 Å². The zero-order chi connectivity index (χ0) is 8.15. The lowest BCUT2D eigenvalue weighted by molar-refractivity contribution is -0.178. The molecule has 0 unspecified atom stereocenters. The van der Waals surface area contributed by atoms with Crippen molar-refractivity contribution in [3.8, 4) is 0 Å². The number of hydroxylamine groups is 2. The molecular weight excluding hydrogens is 168 g/mol. The van der Waals surface area contributed by atoms with Crippen molar-refractivity contribution in [2.45, 2.75) is 0 Å². The van der Waals surface area contributed by atoms with Crippen LogP contribution in [-0.2, 0) is 9.63 Å². The van der Waals surface area contributed by atoms with E-state index in [9.17, 15) is 4.79 Å². The van der Waals surface area contributed by atoms with E-state index in [-0.39, 0.29) is 18.4 Å². The van der Waals surface area contributed by atoms with E-state index in [1.807, 2.05) is 14.1 Å². The number of carbonyl (C=O) groups excluding carboxylic acids is 1. The summed E-state index contributed by atoms with van der Waals surface area (Å²) in [4.78, 5) is 17.2. The summed E-state index contributed by atoms with van der Waals surface area (Å²) in [7, 11) is 6.98. The molecule has 0 rings (SSSR count). The van der Waals surface area contributed by atoms with Crippen LogP contribution < -0.4 is 0 Å². The van der Waals surface area contributed by atoms with Gasteiger partial charge in [0.25, 0.3) is 0 Å². The van der Waals surface area contributed by atoms with Gasteiger partial charge in [-0.3, -0.25) is 4.90 Å². The summed E-state index contributed by atoms with van der Waals surface area (Å²) in [5.74, 6) is -0.241. The molecule has 0 atom stereocenters. The number of likely N-dealkylation sites (N-methyl/N-ethyl adjacent to an activating group) is 1. The minimum Gasteiger partial charge on any atom is -0.367 e. The predicted octanol–water partition coefficient (Wildman–Crippen LogP) is -0.0104. The average molecular weight is 183 g/mol. The molecule has 0 N–H and O–H groups in total. The molecule has 0 aliphatic carbocycles. The van der Waals surface area contributed by atoms with Gasteiger partial charge in [-0.2, -0.15) is 0 Å². The summed E-state index contributed by atoms with van der Waals surface area (Å²) in [5.41, 5.74) is 0. The Hall–Kier alpha value is -0.320. The molecule has 11 heavy (non-hydrogen) atoms. The van der Waals surface area contributed by atoms with Crippen LogP contribution in [0.1, 0.15) is 0 Å². The van der Waals surface area contributed by atoms with Gasteiger partial charge in [0.15, 0.2) is 0 Å². The normalized spacial score (nSPS) is 9.64. The quantitative estimate of drug-likeness (QED) is 0.575. The predicted molar refractivity (Wildman–Crippen MR) is 45.6 cm³/mol. The second-order valence-corrected chi connectivity index (χ2v) is 2.51. The van der Waals surface area contributed by atoms with Crippen LogP contribution in [0, 0.1) is 0 Å². The van der Waals surface area contributed by atoms with E-state index in [1.54, 1.807) is 19.0 Å². The number of rotatable bonds is 3. The Morgan fingerprint density at radius 3 is 2.00 bits per heavy atom. The molecule has 0 saturated carbocycles. The molecular formula is C6H15ClN2O2. The minimum absolute atomic E-state index is 0. The Bertz CT molecular complexity index is 105. The molecule has 0 heterocycles. The van der Waals surface area contributed by atoms with Crippen LogP contribution in [0.15, 0.2) is 0 Å². The number of hydrogen-bond acceptors (Lipinski definition) is 4. The zero-order valence-corrected chi connectivity index (χ0v) is 8.14. The largest absolute Gasteiger partial charge is 0.367 e. The Labute approximate surface area is 73.5 Å². The van der Waals surface area contributed by atoms with Gasteiger partial charge < -0.3 is 4.84 Å². The van der Waals surface area contributed by atoms with Gasteiger partial charge in [-0.05, 0) is 14.1 Å². The fourth-order valence-electron chi connectivity index (χ4n) is 0.491. The molecule has 0 aliphatic heterocycles. The van der Waals surface area contributed by atoms with E-state index in [0.717, 1.165) is 0 Å². The van der Waals surface area contributed by atoms with Gasteiger partial charge in [0, 0.05) is 14.1 Å². The Kier molecular flexibility index (Phi) is 7.72. The molecule has 0 aromatic heterocycles. The van der Waals surface area contributed by atoms with Crippen LogP contribution in [-0.4, -0.2) is 50.7 Å². The van der Waals surface area contributed by atoms with E-state index in [2.05, 4.69) is 0 Å². The second kappa shape index (κ2) is 6.39. The molecule has 0 aromatic carbocycles. The first-order valence-corrected chi connectivity index (χ1v) is 3.05. The molecule has 0 aliphatic rings. The fourth-order valence-corrected chi connectivity index (χ4v) is 0.491. The van der Waals surface area contributed by atoms with E-state index in [4.69, 9.17) is 4.84 Å². The van der Waals surface area contributed by atoms with E-state index in [1.165, 1.54) is 5.06 Å². The van der Waals surface area contributed by atoms with Crippen LogP contribution >= 0.6 is 12.4 Å². The summed E-state index contributed by atoms with van der Waals surface area (Å²) in [5, 5.41) is 1.38. The van der Waals surface area contributed by atoms with Crippen LogP contribution in [0.4, 0.5) is 0 Å². The molecule has 0 saturated heterocycles. The third-order valence-corrected chi connectivity index (χ3v) is 0.730. The molecule has 0 aromatic rings. The molecule has 0 radical (unpaired) electrons. The maximum absolute atomic E-state index is 10.8. The van der Waals surface area contributed by atoms with Gasteiger partial charge in [-0.15, -0.1) is 17.5 Å². The van der Waals surface area contributed by atoms with Crippen LogP contribution in [0.2, 0.25) is 0 Å². The van der Waals surface area contributed by atoms with Crippen LogP contribution in [0.3, 0.4) is 0 Å². The summed E-state index contributed by atoms with van der Waals surface area (Å²) in [6, 6.07) is 0. The maximum Gasteiger partial charge on any atom is 0.338 e. The highest BCUT2D eigenvalue weighted by molar-refractivity contribution is 5.85. The monoisotopic (exact) mass is 182 g/mol. The third-order valence-electron chi connectivity index (χ3n) is 0.730. The second-order valence-electron chi connectivity index (χ2n) is 2.51. The molecule has 5 heteroatoms. The molecule has 68 valence electrons. The Balaban J connectivity index is 0. The SMILES string of the molecule is CN(C)CC(=O)ON(C)C.Cl. The van der Waals surface area contributed by atoms with Crippen LogP contribution in [0.5, 0.6) is 0 Å². The summed E-state index contributed by atoms with van der Waals surface area (Å²) < 4.78 is 0.